The van der Waals surface area contributed by atoms with Crippen molar-refractivity contribution in [1.29, 1.82) is 0 Å². The fraction of sp³-hybridized carbons (Fsp3) is 0.692. The maximum absolute atomic E-state index is 13.8. The predicted octanol–water partition coefficient (Wildman–Crippen LogP) is 1.29. The molecule has 1 amide bonds. The molecule has 8 nitrogen and oxygen atoms in total. The number of piperidine rings is 1. The van der Waals surface area contributed by atoms with Gasteiger partial charge in [-0.1, -0.05) is 6.07 Å². The number of rotatable bonds is 6. The monoisotopic (exact) mass is 470 g/mol. The first kappa shape index (κ1) is 22.3. The Bertz CT molecular complexity index is 1070. The molecule has 5 atom stereocenters. The van der Waals surface area contributed by atoms with E-state index in [4.69, 9.17) is 9.47 Å². The highest BCUT2D eigenvalue weighted by Gasteiger charge is 2.75. The number of hydrogen-bond donors (Lipinski definition) is 3. The number of nitrogens with one attached hydrogen (secondary N) is 1. The summed E-state index contributed by atoms with van der Waals surface area (Å²) in [5.41, 5.74) is -1.08. The summed E-state index contributed by atoms with van der Waals surface area (Å²) in [5, 5.41) is 26.2. The van der Waals surface area contributed by atoms with Crippen molar-refractivity contribution < 1.29 is 29.3 Å². The van der Waals surface area contributed by atoms with Gasteiger partial charge in [0.15, 0.2) is 23.4 Å². The number of likely N-dealkylation sites (tertiary alicyclic amines) is 1. The van der Waals surface area contributed by atoms with Gasteiger partial charge in [0.1, 0.15) is 5.92 Å². The number of carbonyl (C=O) groups is 2. The van der Waals surface area contributed by atoms with Crippen LogP contribution in [0.4, 0.5) is 0 Å². The van der Waals surface area contributed by atoms with Gasteiger partial charge in [-0.3, -0.25) is 14.5 Å². The molecular weight excluding hydrogens is 436 g/mol. The second-order valence-corrected chi connectivity index (χ2v) is 11.7. The number of nitrogens with zero attached hydrogens (tertiary/aromatic N) is 1. The number of aromatic hydroxyl groups is 1. The van der Waals surface area contributed by atoms with Crippen LogP contribution in [0.5, 0.6) is 11.5 Å². The molecule has 6 rings (SSSR count). The van der Waals surface area contributed by atoms with Gasteiger partial charge in [0.05, 0.1) is 23.2 Å². The molecule has 2 saturated carbocycles. The van der Waals surface area contributed by atoms with E-state index in [1.54, 1.807) is 13.2 Å². The lowest BCUT2D eigenvalue weighted by Crippen LogP contribution is -2.78. The van der Waals surface area contributed by atoms with E-state index < -0.39 is 34.5 Å². The molecule has 0 radical (unpaired) electrons. The van der Waals surface area contributed by atoms with Crippen LogP contribution >= 0.6 is 0 Å². The van der Waals surface area contributed by atoms with E-state index >= 15 is 0 Å². The van der Waals surface area contributed by atoms with E-state index in [9.17, 15) is 19.8 Å². The average Bonchev–Trinajstić information content (AvgIpc) is 3.50. The number of benzene rings is 1. The first-order valence-corrected chi connectivity index (χ1v) is 12.4. The Morgan fingerprint density at radius 2 is 2.12 bits per heavy atom. The quantitative estimate of drug-likeness (QED) is 0.538. The Hall–Kier alpha value is -2.16. The fourth-order valence-corrected chi connectivity index (χ4v) is 7.34. The molecule has 5 aliphatic rings. The zero-order chi connectivity index (χ0) is 24.0. The summed E-state index contributed by atoms with van der Waals surface area (Å²) in [4.78, 5) is 29.6. The number of Topliss-reactive ketones (excluding diaryl/α,β-unsaturated/α-hetero) is 1. The van der Waals surface area contributed by atoms with Gasteiger partial charge in [0, 0.05) is 25.3 Å². The molecule has 3 aliphatic carbocycles. The molecule has 2 aliphatic heterocycles. The Morgan fingerprint density at radius 3 is 2.82 bits per heavy atom. The van der Waals surface area contributed by atoms with Crippen LogP contribution in [0.2, 0.25) is 0 Å². The minimum absolute atomic E-state index is 0.0150. The van der Waals surface area contributed by atoms with Crippen LogP contribution in [0.3, 0.4) is 0 Å². The van der Waals surface area contributed by atoms with Gasteiger partial charge < -0.3 is 25.0 Å². The van der Waals surface area contributed by atoms with Gasteiger partial charge >= 0.3 is 0 Å². The number of ketones is 1. The normalized spacial score (nSPS) is 36.1. The number of phenols is 1. The minimum atomic E-state index is -1.31. The summed E-state index contributed by atoms with van der Waals surface area (Å²) in [6.45, 7) is 5.69. The maximum Gasteiger partial charge on any atom is 0.231 e. The molecule has 1 spiro atoms. The van der Waals surface area contributed by atoms with Crippen LogP contribution in [-0.2, 0) is 26.2 Å². The van der Waals surface area contributed by atoms with E-state index in [0.29, 0.717) is 31.1 Å². The van der Waals surface area contributed by atoms with E-state index in [1.807, 2.05) is 19.9 Å². The van der Waals surface area contributed by atoms with Crippen molar-refractivity contribution in [2.45, 2.75) is 74.7 Å². The standard InChI is InChI=1S/C26H34N2O6/c1-24(2,13-33-3)27-23(31)16-11-26(32)18-10-15-6-7-17(29)21-19(15)25(26,22(34-21)20(16)30)8-9-28(18)12-14-4-5-14/h6-7,14,16,18,22,29,32H,4-5,8-13H2,1-3H3,(H,27,31)/t16?,18-,22+,25+,26-/m1/s1. The smallest absolute Gasteiger partial charge is 0.231 e. The third-order valence-corrected chi connectivity index (χ3v) is 8.91. The molecule has 0 aromatic heterocycles. The number of aliphatic hydroxyl groups is 1. The Kier molecular flexibility index (Phi) is 4.71. The van der Waals surface area contributed by atoms with E-state index in [0.717, 1.165) is 24.2 Å². The van der Waals surface area contributed by atoms with Crippen molar-refractivity contribution in [2.24, 2.45) is 11.8 Å². The Morgan fingerprint density at radius 1 is 1.35 bits per heavy atom. The zero-order valence-corrected chi connectivity index (χ0v) is 20.1. The molecule has 1 aromatic carbocycles. The topological polar surface area (TPSA) is 108 Å². The van der Waals surface area contributed by atoms with Gasteiger partial charge in [0.25, 0.3) is 0 Å². The zero-order valence-electron chi connectivity index (χ0n) is 20.1. The average molecular weight is 471 g/mol. The first-order chi connectivity index (χ1) is 16.1. The number of carbonyl (C=O) groups excluding carboxylic acids is 2. The van der Waals surface area contributed by atoms with Gasteiger partial charge in [0.2, 0.25) is 5.91 Å². The number of ether oxygens (including phenoxy) is 2. The number of methoxy groups -OCH3 is 1. The van der Waals surface area contributed by atoms with E-state index in [2.05, 4.69) is 10.2 Å². The van der Waals surface area contributed by atoms with Crippen molar-refractivity contribution in [3.63, 3.8) is 0 Å². The van der Waals surface area contributed by atoms with Gasteiger partial charge in [-0.15, -0.1) is 0 Å². The lowest BCUT2D eigenvalue weighted by molar-refractivity contribution is -0.198. The summed E-state index contributed by atoms with van der Waals surface area (Å²) in [5.74, 6) is -0.794. The summed E-state index contributed by atoms with van der Waals surface area (Å²) in [6.07, 6.45) is 2.68. The van der Waals surface area contributed by atoms with Crippen LogP contribution in [0, 0.1) is 11.8 Å². The van der Waals surface area contributed by atoms with Crippen molar-refractivity contribution >= 4 is 11.7 Å². The van der Waals surface area contributed by atoms with Crippen LogP contribution < -0.4 is 10.1 Å². The highest BCUT2D eigenvalue weighted by molar-refractivity contribution is 6.06. The van der Waals surface area contributed by atoms with Crippen LogP contribution in [-0.4, -0.2) is 76.9 Å². The van der Waals surface area contributed by atoms with Crippen molar-refractivity contribution in [1.82, 2.24) is 10.2 Å². The summed E-state index contributed by atoms with van der Waals surface area (Å²) in [6, 6.07) is 3.33. The molecule has 1 aromatic rings. The molecule has 3 N–H and O–H groups in total. The van der Waals surface area contributed by atoms with Gasteiger partial charge in [-0.05, 0) is 70.0 Å². The van der Waals surface area contributed by atoms with E-state index in [1.165, 1.54) is 12.8 Å². The predicted molar refractivity (Wildman–Crippen MR) is 123 cm³/mol. The lowest BCUT2D eigenvalue weighted by Gasteiger charge is -2.63. The minimum Gasteiger partial charge on any atom is -0.504 e. The summed E-state index contributed by atoms with van der Waals surface area (Å²) in [7, 11) is 1.57. The number of phenolic OH excluding ortho intramolecular Hbond substituents is 1. The Labute approximate surface area is 199 Å². The third kappa shape index (κ3) is 2.88. The fourth-order valence-electron chi connectivity index (χ4n) is 7.34. The molecule has 1 saturated heterocycles. The third-order valence-electron chi connectivity index (χ3n) is 8.91. The van der Waals surface area contributed by atoms with Gasteiger partial charge in [-0.25, -0.2) is 0 Å². The number of hydrogen-bond acceptors (Lipinski definition) is 7. The second kappa shape index (κ2) is 7.18. The molecule has 2 heterocycles. The SMILES string of the molecule is COCC(C)(C)NC(=O)C1C[C@@]2(O)[C@H]3Cc4ccc(O)c5c4[C@@]2(CCN3CC2CC2)[C@@H](O5)C1=O. The molecule has 1 unspecified atom stereocenters. The van der Waals surface area contributed by atoms with E-state index in [-0.39, 0.29) is 24.0 Å². The van der Waals surface area contributed by atoms with Crippen molar-refractivity contribution in [2.75, 3.05) is 26.8 Å². The Balaban J connectivity index is 1.44. The molecule has 2 bridgehead atoms. The van der Waals surface area contributed by atoms with Crippen LogP contribution in [0.15, 0.2) is 12.1 Å². The van der Waals surface area contributed by atoms with Crippen molar-refractivity contribution in [3.05, 3.63) is 23.3 Å². The van der Waals surface area contributed by atoms with Crippen LogP contribution in [0.1, 0.15) is 50.7 Å². The molecular formula is C26H34N2O6. The molecule has 8 heteroatoms. The largest absolute Gasteiger partial charge is 0.504 e. The second-order valence-electron chi connectivity index (χ2n) is 11.7. The van der Waals surface area contributed by atoms with Crippen LogP contribution in [0.25, 0.3) is 0 Å². The molecule has 34 heavy (non-hydrogen) atoms. The number of amides is 1. The lowest BCUT2D eigenvalue weighted by atomic mass is 9.47. The highest BCUT2D eigenvalue weighted by atomic mass is 16.5. The van der Waals surface area contributed by atoms with Gasteiger partial charge in [-0.2, -0.15) is 0 Å². The molecule has 184 valence electrons. The summed E-state index contributed by atoms with van der Waals surface area (Å²) >= 11 is 0. The first-order valence-electron chi connectivity index (χ1n) is 12.4. The highest BCUT2D eigenvalue weighted by Crippen LogP contribution is 2.65. The summed E-state index contributed by atoms with van der Waals surface area (Å²) < 4.78 is 11.4. The maximum atomic E-state index is 13.8. The molecule has 3 fully saturated rings. The van der Waals surface area contributed by atoms with Crippen molar-refractivity contribution in [3.8, 4) is 11.5 Å².